The van der Waals surface area contributed by atoms with E-state index in [1.807, 2.05) is 30.5 Å². The van der Waals surface area contributed by atoms with E-state index in [9.17, 15) is 15.2 Å². The molecule has 3 rings (SSSR count). The summed E-state index contributed by atoms with van der Waals surface area (Å²) < 4.78 is 0. The summed E-state index contributed by atoms with van der Waals surface area (Å²) in [6.07, 6.45) is 1.83. The first kappa shape index (κ1) is 13.2. The number of hydrogen-bond acceptors (Lipinski definition) is 3. The molecule has 1 heterocycles. The molecule has 0 saturated carbocycles. The van der Waals surface area contributed by atoms with E-state index in [-0.39, 0.29) is 23.1 Å². The van der Waals surface area contributed by atoms with Gasteiger partial charge in [0, 0.05) is 22.0 Å². The van der Waals surface area contributed by atoms with E-state index in [1.54, 1.807) is 24.3 Å². The molecule has 0 fully saturated rings. The van der Waals surface area contributed by atoms with Gasteiger partial charge in [-0.25, -0.2) is 0 Å². The highest BCUT2D eigenvalue weighted by atomic mass is 16.6. The molecule has 21 heavy (non-hydrogen) atoms. The van der Waals surface area contributed by atoms with Crippen LogP contribution in [0.5, 0.6) is 5.75 Å². The van der Waals surface area contributed by atoms with Crippen molar-refractivity contribution in [2.45, 2.75) is 5.92 Å². The summed E-state index contributed by atoms with van der Waals surface area (Å²) in [6, 6.07) is 14.3. The molecule has 0 saturated heterocycles. The average molecular weight is 282 g/mol. The number of nitrogens with zero attached hydrogens (tertiary/aromatic N) is 1. The molecule has 106 valence electrons. The maximum atomic E-state index is 11.0. The maximum absolute atomic E-state index is 11.0. The van der Waals surface area contributed by atoms with Crippen molar-refractivity contribution in [3.8, 4) is 5.75 Å². The smallest absolute Gasteiger partial charge is 0.214 e. The molecule has 5 nitrogen and oxygen atoms in total. The van der Waals surface area contributed by atoms with Gasteiger partial charge in [-0.15, -0.1) is 0 Å². The molecule has 1 atom stereocenters. The second-order valence-electron chi connectivity index (χ2n) is 4.95. The number of aromatic amines is 1. The molecule has 2 aromatic carbocycles. The van der Waals surface area contributed by atoms with Crippen molar-refractivity contribution in [3.05, 3.63) is 76.0 Å². The van der Waals surface area contributed by atoms with Crippen LogP contribution >= 0.6 is 0 Å². The van der Waals surface area contributed by atoms with Crippen LogP contribution < -0.4 is 0 Å². The van der Waals surface area contributed by atoms with E-state index in [4.69, 9.17) is 0 Å². The van der Waals surface area contributed by atoms with E-state index < -0.39 is 0 Å². The number of fused-ring (bicyclic) bond motifs is 1. The molecule has 3 aromatic rings. The molecule has 5 heteroatoms. The second kappa shape index (κ2) is 5.28. The largest absolute Gasteiger partial charge is 0.508 e. The number of phenolic OH excluding ortho intramolecular Hbond substituents is 1. The summed E-state index contributed by atoms with van der Waals surface area (Å²) in [4.78, 5) is 13.9. The van der Waals surface area contributed by atoms with Crippen molar-refractivity contribution in [1.29, 1.82) is 0 Å². The van der Waals surface area contributed by atoms with Crippen molar-refractivity contribution in [2.75, 3.05) is 6.54 Å². The monoisotopic (exact) mass is 282 g/mol. The topological polar surface area (TPSA) is 79.2 Å². The Morgan fingerprint density at radius 1 is 1.14 bits per heavy atom. The van der Waals surface area contributed by atoms with Crippen molar-refractivity contribution >= 4 is 10.9 Å². The fraction of sp³-hybridized carbons (Fsp3) is 0.125. The lowest BCUT2D eigenvalue weighted by Crippen LogP contribution is -2.13. The number of rotatable bonds is 4. The summed E-state index contributed by atoms with van der Waals surface area (Å²) in [6.45, 7) is -0.188. The van der Waals surface area contributed by atoms with E-state index >= 15 is 0 Å². The number of nitro groups is 1. The number of hydrogen-bond donors (Lipinski definition) is 2. The summed E-state index contributed by atoms with van der Waals surface area (Å²) >= 11 is 0. The van der Waals surface area contributed by atoms with E-state index in [2.05, 4.69) is 4.98 Å². The summed E-state index contributed by atoms with van der Waals surface area (Å²) in [5.41, 5.74) is 2.67. The third-order valence-corrected chi connectivity index (χ3v) is 3.62. The molecule has 0 radical (unpaired) electrons. The normalized spacial score (nSPS) is 12.4. The highest BCUT2D eigenvalue weighted by Gasteiger charge is 2.23. The standard InChI is InChI=1S/C16H14N2O3/c19-12-7-5-11(6-8-12)15(10-18(20)21)14-9-17-16-4-2-1-3-13(14)16/h1-9,15,17,19H,10H2. The highest BCUT2D eigenvalue weighted by Crippen LogP contribution is 2.31. The zero-order chi connectivity index (χ0) is 14.8. The molecule has 0 aliphatic carbocycles. The average Bonchev–Trinajstić information content (AvgIpc) is 2.89. The molecule has 0 aliphatic rings. The van der Waals surface area contributed by atoms with E-state index in [0.29, 0.717) is 0 Å². The van der Waals surface area contributed by atoms with Crippen LogP contribution in [0.1, 0.15) is 17.0 Å². The van der Waals surface area contributed by atoms with Gasteiger partial charge in [-0.1, -0.05) is 30.3 Å². The van der Waals surface area contributed by atoms with Gasteiger partial charge in [0.1, 0.15) is 5.75 Å². The number of H-pyrrole nitrogens is 1. The minimum absolute atomic E-state index is 0.150. The quantitative estimate of drug-likeness (QED) is 0.569. The lowest BCUT2D eigenvalue weighted by molar-refractivity contribution is -0.481. The molecule has 1 unspecified atom stereocenters. The van der Waals surface area contributed by atoms with Crippen LogP contribution in [0.15, 0.2) is 54.7 Å². The highest BCUT2D eigenvalue weighted by molar-refractivity contribution is 5.84. The predicted molar refractivity (Wildman–Crippen MR) is 80.1 cm³/mol. The van der Waals surface area contributed by atoms with Crippen LogP contribution in [0.3, 0.4) is 0 Å². The van der Waals surface area contributed by atoms with Gasteiger partial charge in [0.25, 0.3) is 0 Å². The Kier molecular flexibility index (Phi) is 3.31. The summed E-state index contributed by atoms with van der Waals surface area (Å²) in [5.74, 6) is -0.200. The van der Waals surface area contributed by atoms with Gasteiger partial charge in [-0.05, 0) is 29.3 Å². The van der Waals surface area contributed by atoms with Gasteiger partial charge < -0.3 is 10.1 Å². The SMILES string of the molecule is O=[N+]([O-])CC(c1ccc(O)cc1)c1c[nH]c2ccccc12. The van der Waals surface area contributed by atoms with Crippen molar-refractivity contribution in [3.63, 3.8) is 0 Å². The van der Waals surface area contributed by atoms with Crippen LogP contribution in [0.2, 0.25) is 0 Å². The van der Waals surface area contributed by atoms with Crippen LogP contribution in [0.4, 0.5) is 0 Å². The number of para-hydroxylation sites is 1. The molecule has 1 aromatic heterocycles. The molecular weight excluding hydrogens is 268 g/mol. The second-order valence-corrected chi connectivity index (χ2v) is 4.95. The minimum Gasteiger partial charge on any atom is -0.508 e. The Bertz CT molecular complexity index is 778. The molecule has 2 N–H and O–H groups in total. The van der Waals surface area contributed by atoms with Crippen LogP contribution in [0.25, 0.3) is 10.9 Å². The first-order valence-electron chi connectivity index (χ1n) is 6.62. The Balaban J connectivity index is 2.11. The van der Waals surface area contributed by atoms with Gasteiger partial charge in [0.05, 0.1) is 5.92 Å². The van der Waals surface area contributed by atoms with Gasteiger partial charge >= 0.3 is 0 Å². The van der Waals surface area contributed by atoms with Crippen LogP contribution in [-0.4, -0.2) is 21.6 Å². The predicted octanol–water partition coefficient (Wildman–Crippen LogP) is 3.28. The summed E-state index contributed by atoms with van der Waals surface area (Å²) in [7, 11) is 0. The first-order valence-corrected chi connectivity index (χ1v) is 6.62. The zero-order valence-electron chi connectivity index (χ0n) is 11.2. The Morgan fingerprint density at radius 2 is 1.86 bits per heavy atom. The van der Waals surface area contributed by atoms with Crippen LogP contribution in [0, 0.1) is 10.1 Å². The number of aromatic hydroxyl groups is 1. The molecule has 0 bridgehead atoms. The van der Waals surface area contributed by atoms with Gasteiger partial charge in [0.2, 0.25) is 6.54 Å². The summed E-state index contributed by atoms with van der Waals surface area (Å²) in [5, 5.41) is 21.4. The molecule has 0 aliphatic heterocycles. The van der Waals surface area contributed by atoms with E-state index in [0.717, 1.165) is 22.0 Å². The van der Waals surface area contributed by atoms with Crippen molar-refractivity contribution in [1.82, 2.24) is 4.98 Å². The number of nitrogens with one attached hydrogen (secondary N) is 1. The third-order valence-electron chi connectivity index (χ3n) is 3.62. The molecule has 0 amide bonds. The lowest BCUT2D eigenvalue weighted by atomic mass is 9.91. The van der Waals surface area contributed by atoms with Crippen LogP contribution in [-0.2, 0) is 0 Å². The Morgan fingerprint density at radius 3 is 2.57 bits per heavy atom. The minimum atomic E-state index is -0.350. The fourth-order valence-corrected chi connectivity index (χ4v) is 2.62. The number of aromatic nitrogens is 1. The zero-order valence-corrected chi connectivity index (χ0v) is 11.2. The van der Waals surface area contributed by atoms with Crippen molar-refractivity contribution in [2.24, 2.45) is 0 Å². The molecular formula is C16H14N2O3. The van der Waals surface area contributed by atoms with E-state index in [1.165, 1.54) is 0 Å². The number of benzene rings is 2. The van der Waals surface area contributed by atoms with Gasteiger partial charge in [-0.3, -0.25) is 10.1 Å². The Labute approximate surface area is 121 Å². The first-order chi connectivity index (χ1) is 10.1. The Hall–Kier alpha value is -2.82. The fourth-order valence-electron chi connectivity index (χ4n) is 2.62. The van der Waals surface area contributed by atoms with Gasteiger partial charge in [-0.2, -0.15) is 0 Å². The molecule has 0 spiro atoms. The van der Waals surface area contributed by atoms with Crippen molar-refractivity contribution < 1.29 is 10.0 Å². The third kappa shape index (κ3) is 2.58. The lowest BCUT2D eigenvalue weighted by Gasteiger charge is -2.13. The maximum Gasteiger partial charge on any atom is 0.214 e. The number of phenols is 1. The van der Waals surface area contributed by atoms with Gasteiger partial charge in [0.15, 0.2) is 0 Å².